The van der Waals surface area contributed by atoms with Crippen molar-refractivity contribution in [1.29, 1.82) is 0 Å². The molecule has 20 heavy (non-hydrogen) atoms. The van der Waals surface area contributed by atoms with Gasteiger partial charge in [-0.15, -0.1) is 11.3 Å². The molecule has 0 saturated carbocycles. The van der Waals surface area contributed by atoms with Crippen LogP contribution in [0.15, 0.2) is 27.8 Å². The lowest BCUT2D eigenvalue weighted by Gasteiger charge is -2.10. The van der Waals surface area contributed by atoms with E-state index in [2.05, 4.69) is 36.0 Å². The molecule has 0 saturated heterocycles. The van der Waals surface area contributed by atoms with Crippen LogP contribution in [0.3, 0.4) is 0 Å². The molecule has 0 aliphatic rings. The molecule has 0 bridgehead atoms. The van der Waals surface area contributed by atoms with Gasteiger partial charge in [0.15, 0.2) is 5.82 Å². The molecule has 0 aliphatic heterocycles. The topological polar surface area (TPSA) is 110 Å². The minimum absolute atomic E-state index is 0.0180. The fourth-order valence-corrected chi connectivity index (χ4v) is 3.92. The van der Waals surface area contributed by atoms with Crippen LogP contribution < -0.4 is 16.0 Å². The Morgan fingerprint density at radius 3 is 2.75 bits per heavy atom. The first-order valence-corrected chi connectivity index (χ1v) is 8.55. The van der Waals surface area contributed by atoms with E-state index in [1.165, 1.54) is 23.6 Å². The number of rotatable bonds is 5. The first-order chi connectivity index (χ1) is 9.42. The number of pyridine rings is 1. The van der Waals surface area contributed by atoms with Crippen LogP contribution in [0.1, 0.15) is 9.88 Å². The van der Waals surface area contributed by atoms with Crippen molar-refractivity contribution < 1.29 is 8.42 Å². The molecule has 10 heteroatoms. The quantitative estimate of drug-likeness (QED) is 0.536. The van der Waals surface area contributed by atoms with E-state index in [4.69, 9.17) is 5.84 Å². The molecule has 0 fully saturated rings. The highest BCUT2D eigenvalue weighted by molar-refractivity contribution is 9.10. The highest BCUT2D eigenvalue weighted by Crippen LogP contribution is 2.22. The summed E-state index contributed by atoms with van der Waals surface area (Å²) in [5.41, 5.74) is 2.27. The van der Waals surface area contributed by atoms with E-state index in [1.54, 1.807) is 6.20 Å². The van der Waals surface area contributed by atoms with Crippen LogP contribution in [0.25, 0.3) is 0 Å². The predicted molar refractivity (Wildman–Crippen MR) is 80.6 cm³/mol. The van der Waals surface area contributed by atoms with Crippen molar-refractivity contribution >= 4 is 43.1 Å². The number of hydrazine groups is 1. The third-order valence-corrected chi connectivity index (χ3v) is 5.11. The van der Waals surface area contributed by atoms with Gasteiger partial charge in [0.2, 0.25) is 10.0 Å². The average Bonchev–Trinajstić information content (AvgIpc) is 2.82. The van der Waals surface area contributed by atoms with Gasteiger partial charge in [-0.2, -0.15) is 0 Å². The Morgan fingerprint density at radius 1 is 1.40 bits per heavy atom. The van der Waals surface area contributed by atoms with Gasteiger partial charge in [0.05, 0.1) is 5.01 Å². The molecule has 0 amide bonds. The minimum Gasteiger partial charge on any atom is -0.307 e. The standard InChI is InChI=1S/C10H12BrN5O2S2/c1-6-13-4-8(19-6)5-15-20(17,18)9-2-7(11)3-14-10(9)16-12/h2-4,15H,5,12H2,1H3,(H,14,16). The van der Waals surface area contributed by atoms with Crippen LogP contribution >= 0.6 is 27.3 Å². The molecule has 2 heterocycles. The van der Waals surface area contributed by atoms with Crippen molar-refractivity contribution in [2.75, 3.05) is 5.43 Å². The number of nitrogens with zero attached hydrogens (tertiary/aromatic N) is 2. The maximum Gasteiger partial charge on any atom is 0.244 e. The Morgan fingerprint density at radius 2 is 2.15 bits per heavy atom. The summed E-state index contributed by atoms with van der Waals surface area (Å²) in [7, 11) is -3.72. The summed E-state index contributed by atoms with van der Waals surface area (Å²) >= 11 is 4.62. The summed E-state index contributed by atoms with van der Waals surface area (Å²) in [6.45, 7) is 2.03. The lowest BCUT2D eigenvalue weighted by molar-refractivity contribution is 0.581. The number of halogens is 1. The summed E-state index contributed by atoms with van der Waals surface area (Å²) in [6, 6.07) is 1.43. The van der Waals surface area contributed by atoms with Crippen LogP contribution in [-0.4, -0.2) is 18.4 Å². The second kappa shape index (κ2) is 6.14. The smallest absolute Gasteiger partial charge is 0.244 e. The van der Waals surface area contributed by atoms with Gasteiger partial charge in [0.1, 0.15) is 4.90 Å². The van der Waals surface area contributed by atoms with Gasteiger partial charge in [0.25, 0.3) is 0 Å². The molecule has 0 aliphatic carbocycles. The van der Waals surface area contributed by atoms with E-state index in [0.717, 1.165) is 9.88 Å². The molecule has 2 rings (SSSR count). The molecule has 0 atom stereocenters. The van der Waals surface area contributed by atoms with E-state index in [0.29, 0.717) is 4.47 Å². The fourth-order valence-electron chi connectivity index (χ4n) is 1.46. The Kier molecular flexibility index (Phi) is 4.70. The van der Waals surface area contributed by atoms with Gasteiger partial charge in [-0.1, -0.05) is 0 Å². The van der Waals surface area contributed by atoms with E-state index >= 15 is 0 Å². The monoisotopic (exact) mass is 377 g/mol. The van der Waals surface area contributed by atoms with Crippen molar-refractivity contribution in [3.63, 3.8) is 0 Å². The van der Waals surface area contributed by atoms with E-state index in [-0.39, 0.29) is 17.3 Å². The number of nitrogens with one attached hydrogen (secondary N) is 2. The summed E-state index contributed by atoms with van der Waals surface area (Å²) in [4.78, 5) is 8.79. The first kappa shape index (κ1) is 15.3. The minimum atomic E-state index is -3.72. The van der Waals surface area contributed by atoms with Crippen molar-refractivity contribution in [3.8, 4) is 0 Å². The largest absolute Gasteiger partial charge is 0.307 e. The number of hydrogen-bond acceptors (Lipinski definition) is 7. The molecule has 0 spiro atoms. The van der Waals surface area contributed by atoms with E-state index < -0.39 is 10.0 Å². The highest BCUT2D eigenvalue weighted by Gasteiger charge is 2.20. The second-order valence-electron chi connectivity index (χ2n) is 3.81. The third-order valence-electron chi connectivity index (χ3n) is 2.35. The number of thiazole rings is 1. The number of hydrogen-bond donors (Lipinski definition) is 3. The molecule has 0 aromatic carbocycles. The normalized spacial score (nSPS) is 11.6. The molecular weight excluding hydrogens is 366 g/mol. The van der Waals surface area contributed by atoms with E-state index in [9.17, 15) is 8.42 Å². The third kappa shape index (κ3) is 3.52. The van der Waals surface area contributed by atoms with E-state index in [1.807, 2.05) is 6.92 Å². The lowest BCUT2D eigenvalue weighted by Crippen LogP contribution is -2.25. The number of aromatic nitrogens is 2. The number of anilines is 1. The molecule has 2 aromatic rings. The zero-order valence-corrected chi connectivity index (χ0v) is 13.6. The average molecular weight is 378 g/mol. The first-order valence-electron chi connectivity index (χ1n) is 5.45. The second-order valence-corrected chi connectivity index (χ2v) is 7.79. The van der Waals surface area contributed by atoms with Crippen LogP contribution in [0.5, 0.6) is 0 Å². The number of nitrogens with two attached hydrogens (primary N) is 1. The molecule has 2 aromatic heterocycles. The van der Waals surface area contributed by atoms with Gasteiger partial charge < -0.3 is 5.43 Å². The van der Waals surface area contributed by atoms with Crippen molar-refractivity contribution in [2.24, 2.45) is 5.84 Å². The lowest BCUT2D eigenvalue weighted by atomic mass is 10.5. The summed E-state index contributed by atoms with van der Waals surface area (Å²) in [5, 5.41) is 0.882. The molecule has 4 N–H and O–H groups in total. The molecule has 0 radical (unpaired) electrons. The van der Waals surface area contributed by atoms with Crippen molar-refractivity contribution in [1.82, 2.24) is 14.7 Å². The van der Waals surface area contributed by atoms with Crippen LogP contribution in [0.4, 0.5) is 5.82 Å². The Bertz CT molecular complexity index is 716. The van der Waals surface area contributed by atoms with Gasteiger partial charge in [-0.05, 0) is 28.9 Å². The summed E-state index contributed by atoms with van der Waals surface area (Å²) in [5.74, 6) is 5.36. The zero-order chi connectivity index (χ0) is 14.8. The SMILES string of the molecule is Cc1ncc(CNS(=O)(=O)c2cc(Br)cnc2NN)s1. The molecule has 0 unspecified atom stereocenters. The molecular formula is C10H12BrN5O2S2. The van der Waals surface area contributed by atoms with Crippen LogP contribution in [0, 0.1) is 6.92 Å². The zero-order valence-electron chi connectivity index (χ0n) is 10.4. The highest BCUT2D eigenvalue weighted by atomic mass is 79.9. The molecule has 7 nitrogen and oxygen atoms in total. The van der Waals surface area contributed by atoms with Gasteiger partial charge in [-0.3, -0.25) is 0 Å². The molecule has 108 valence electrons. The fraction of sp³-hybridized carbons (Fsp3) is 0.200. The summed E-state index contributed by atoms with van der Waals surface area (Å²) < 4.78 is 27.6. The van der Waals surface area contributed by atoms with Gasteiger partial charge in [0, 0.05) is 28.3 Å². The van der Waals surface area contributed by atoms with Crippen molar-refractivity contribution in [3.05, 3.63) is 32.8 Å². The maximum absolute atomic E-state index is 12.3. The maximum atomic E-state index is 12.3. The van der Waals surface area contributed by atoms with Crippen LogP contribution in [0.2, 0.25) is 0 Å². The Labute approximate surface area is 128 Å². The Hall–Kier alpha value is -1.07. The van der Waals surface area contributed by atoms with Gasteiger partial charge in [-0.25, -0.2) is 29.0 Å². The summed E-state index contributed by atoms with van der Waals surface area (Å²) in [6.07, 6.45) is 3.10. The number of aryl methyl sites for hydroxylation is 1. The number of sulfonamides is 1. The van der Waals surface area contributed by atoms with Crippen molar-refractivity contribution in [2.45, 2.75) is 18.4 Å². The van der Waals surface area contributed by atoms with Gasteiger partial charge >= 0.3 is 0 Å². The Balaban J connectivity index is 2.24. The predicted octanol–water partition coefficient (Wildman–Crippen LogP) is 1.37. The number of nitrogen functional groups attached to an aromatic ring is 1. The van der Waals surface area contributed by atoms with Crippen LogP contribution in [-0.2, 0) is 16.6 Å².